The first-order valence-corrected chi connectivity index (χ1v) is 5.84. The molecule has 1 saturated heterocycles. The van der Waals surface area contributed by atoms with Crippen LogP contribution in [0.15, 0.2) is 18.2 Å². The van der Waals surface area contributed by atoms with E-state index in [1.54, 1.807) is 6.07 Å². The lowest BCUT2D eigenvalue weighted by atomic mass is 9.90. The fraction of sp³-hybridized carbons (Fsp3) is 0.417. The molecule has 0 saturated carbocycles. The summed E-state index contributed by atoms with van der Waals surface area (Å²) in [4.78, 5) is 14.2. The van der Waals surface area contributed by atoms with E-state index in [0.29, 0.717) is 10.6 Å². The van der Waals surface area contributed by atoms with Crippen LogP contribution in [-0.2, 0) is 5.54 Å². The zero-order valence-electron chi connectivity index (χ0n) is 9.09. The molecular weight excluding hydrogens is 224 g/mol. The highest BCUT2D eigenvalue weighted by Gasteiger charge is 2.48. The van der Waals surface area contributed by atoms with Crippen LogP contribution in [0.5, 0.6) is 0 Å². The third-order valence-corrected chi connectivity index (χ3v) is 3.94. The Labute approximate surface area is 99.4 Å². The largest absolute Gasteiger partial charge is 0.327 e. The van der Waals surface area contributed by atoms with E-state index in [9.17, 15) is 4.79 Å². The maximum absolute atomic E-state index is 12.3. The van der Waals surface area contributed by atoms with Crippen LogP contribution in [0, 0.1) is 0 Å². The highest BCUT2D eigenvalue weighted by molar-refractivity contribution is 6.34. The summed E-state index contributed by atoms with van der Waals surface area (Å²) in [5, 5.41) is 3.91. The summed E-state index contributed by atoms with van der Waals surface area (Å²) in [7, 11) is 0. The van der Waals surface area contributed by atoms with Crippen molar-refractivity contribution in [2.45, 2.75) is 12.5 Å². The third kappa shape index (κ3) is 1.10. The summed E-state index contributed by atoms with van der Waals surface area (Å²) in [6.45, 7) is 4.50. The van der Waals surface area contributed by atoms with Crippen molar-refractivity contribution < 1.29 is 4.79 Å². The van der Waals surface area contributed by atoms with Crippen molar-refractivity contribution in [2.75, 3.05) is 19.6 Å². The van der Waals surface area contributed by atoms with Crippen molar-refractivity contribution in [1.29, 1.82) is 0 Å². The van der Waals surface area contributed by atoms with Crippen LogP contribution in [0.25, 0.3) is 0 Å². The van der Waals surface area contributed by atoms with Gasteiger partial charge in [-0.15, -0.1) is 0 Å². The van der Waals surface area contributed by atoms with Crippen LogP contribution < -0.4 is 5.32 Å². The summed E-state index contributed by atoms with van der Waals surface area (Å²) in [6.07, 6.45) is 0. The second kappa shape index (κ2) is 3.22. The maximum Gasteiger partial charge on any atom is 0.256 e. The molecule has 0 bridgehead atoms. The van der Waals surface area contributed by atoms with Crippen LogP contribution in [-0.4, -0.2) is 30.4 Å². The van der Waals surface area contributed by atoms with Gasteiger partial charge in [-0.25, -0.2) is 0 Å². The van der Waals surface area contributed by atoms with Crippen molar-refractivity contribution in [3.8, 4) is 0 Å². The van der Waals surface area contributed by atoms with Crippen molar-refractivity contribution >= 4 is 17.5 Å². The Bertz CT molecular complexity index is 474. The molecular formula is C12H13ClN2O. The zero-order chi connectivity index (χ0) is 11.3. The fourth-order valence-electron chi connectivity index (χ4n) is 2.76. The molecule has 84 valence electrons. The van der Waals surface area contributed by atoms with Crippen LogP contribution in [0.3, 0.4) is 0 Å². The first kappa shape index (κ1) is 10.1. The standard InChI is InChI=1S/C12H13ClN2O/c1-12-7-14-5-6-15(12)11(16)10-8(12)3-2-4-9(10)13/h2-4,14H,5-7H2,1H3/t12-/m0/s1. The number of carbonyl (C=O) groups is 1. The lowest BCUT2D eigenvalue weighted by molar-refractivity contribution is 0.0510. The lowest BCUT2D eigenvalue weighted by Crippen LogP contribution is -2.55. The molecule has 0 spiro atoms. The minimum absolute atomic E-state index is 0.0737. The van der Waals surface area contributed by atoms with E-state index < -0.39 is 0 Å². The molecule has 0 aliphatic carbocycles. The average Bonchev–Trinajstić information content (AvgIpc) is 2.50. The van der Waals surface area contributed by atoms with E-state index in [4.69, 9.17) is 11.6 Å². The van der Waals surface area contributed by atoms with Gasteiger partial charge < -0.3 is 10.2 Å². The average molecular weight is 237 g/mol. The van der Waals surface area contributed by atoms with Gasteiger partial charge >= 0.3 is 0 Å². The number of halogens is 1. The highest BCUT2D eigenvalue weighted by atomic mass is 35.5. The minimum Gasteiger partial charge on any atom is -0.327 e. The van der Waals surface area contributed by atoms with Gasteiger partial charge in [0.25, 0.3) is 5.91 Å². The second-order valence-electron chi connectivity index (χ2n) is 4.57. The molecule has 16 heavy (non-hydrogen) atoms. The number of carbonyl (C=O) groups excluding carboxylic acids is 1. The minimum atomic E-state index is -0.227. The molecule has 2 aliphatic rings. The molecule has 4 heteroatoms. The molecule has 0 aromatic heterocycles. The van der Waals surface area contributed by atoms with E-state index in [2.05, 4.69) is 12.2 Å². The molecule has 2 aliphatic heterocycles. The zero-order valence-corrected chi connectivity index (χ0v) is 9.84. The van der Waals surface area contributed by atoms with Gasteiger partial charge in [-0.1, -0.05) is 23.7 Å². The quantitative estimate of drug-likeness (QED) is 0.743. The smallest absolute Gasteiger partial charge is 0.256 e. The number of fused-ring (bicyclic) bond motifs is 3. The molecule has 1 amide bonds. The normalized spacial score (nSPS) is 27.9. The number of hydrogen-bond acceptors (Lipinski definition) is 2. The molecule has 1 aromatic rings. The Morgan fingerprint density at radius 3 is 3.12 bits per heavy atom. The summed E-state index contributed by atoms with van der Waals surface area (Å²) in [5.41, 5.74) is 1.52. The SMILES string of the molecule is C[C@@]12CNCCN1C(=O)c1c(Cl)cccc12. The molecule has 0 unspecified atom stereocenters. The van der Waals surface area contributed by atoms with E-state index in [0.717, 1.165) is 25.2 Å². The molecule has 1 atom stereocenters. The first-order valence-electron chi connectivity index (χ1n) is 5.46. The summed E-state index contributed by atoms with van der Waals surface area (Å²) < 4.78 is 0. The highest BCUT2D eigenvalue weighted by Crippen LogP contribution is 2.42. The molecule has 0 radical (unpaired) electrons. The van der Waals surface area contributed by atoms with Crippen LogP contribution >= 0.6 is 11.6 Å². The van der Waals surface area contributed by atoms with Gasteiger partial charge in [-0.2, -0.15) is 0 Å². The van der Waals surface area contributed by atoms with Gasteiger partial charge in [0.05, 0.1) is 16.1 Å². The number of hydrogen-bond donors (Lipinski definition) is 1. The van der Waals surface area contributed by atoms with Gasteiger partial charge in [0, 0.05) is 19.6 Å². The molecule has 2 heterocycles. The Kier molecular flexibility index (Phi) is 2.03. The number of benzene rings is 1. The number of nitrogens with zero attached hydrogens (tertiary/aromatic N) is 1. The van der Waals surface area contributed by atoms with Gasteiger partial charge in [-0.05, 0) is 18.6 Å². The maximum atomic E-state index is 12.3. The summed E-state index contributed by atoms with van der Waals surface area (Å²) >= 11 is 6.12. The van der Waals surface area contributed by atoms with Gasteiger partial charge in [0.15, 0.2) is 0 Å². The Hall–Kier alpha value is -1.06. The van der Waals surface area contributed by atoms with Gasteiger partial charge in [0.2, 0.25) is 0 Å². The monoisotopic (exact) mass is 236 g/mol. The van der Waals surface area contributed by atoms with Crippen molar-refractivity contribution in [2.24, 2.45) is 0 Å². The second-order valence-corrected chi connectivity index (χ2v) is 4.98. The topological polar surface area (TPSA) is 32.3 Å². The van der Waals surface area contributed by atoms with E-state index in [1.807, 2.05) is 17.0 Å². The number of amides is 1. The third-order valence-electron chi connectivity index (χ3n) is 3.63. The van der Waals surface area contributed by atoms with E-state index in [-0.39, 0.29) is 11.4 Å². The first-order chi connectivity index (χ1) is 7.64. The molecule has 1 aromatic carbocycles. The van der Waals surface area contributed by atoms with Gasteiger partial charge in [-0.3, -0.25) is 4.79 Å². The fourth-order valence-corrected chi connectivity index (χ4v) is 3.01. The van der Waals surface area contributed by atoms with Crippen molar-refractivity contribution in [3.05, 3.63) is 34.3 Å². The Balaban J connectivity index is 2.24. The van der Waals surface area contributed by atoms with E-state index >= 15 is 0 Å². The lowest BCUT2D eigenvalue weighted by Gasteiger charge is -2.40. The molecule has 1 fully saturated rings. The van der Waals surface area contributed by atoms with Crippen LogP contribution in [0.1, 0.15) is 22.8 Å². The number of rotatable bonds is 0. The van der Waals surface area contributed by atoms with Crippen molar-refractivity contribution in [1.82, 2.24) is 10.2 Å². The molecule has 1 N–H and O–H groups in total. The Morgan fingerprint density at radius 1 is 1.50 bits per heavy atom. The predicted octanol–water partition coefficient (Wildman–Crippen LogP) is 1.61. The van der Waals surface area contributed by atoms with Crippen LogP contribution in [0.2, 0.25) is 5.02 Å². The van der Waals surface area contributed by atoms with Crippen molar-refractivity contribution in [3.63, 3.8) is 0 Å². The van der Waals surface area contributed by atoms with Crippen LogP contribution in [0.4, 0.5) is 0 Å². The molecule has 3 rings (SSSR count). The predicted molar refractivity (Wildman–Crippen MR) is 62.7 cm³/mol. The summed E-state index contributed by atoms with van der Waals surface area (Å²) in [5.74, 6) is 0.0737. The molecule has 3 nitrogen and oxygen atoms in total. The summed E-state index contributed by atoms with van der Waals surface area (Å²) in [6, 6.07) is 5.71. The van der Waals surface area contributed by atoms with E-state index in [1.165, 1.54) is 0 Å². The number of nitrogens with one attached hydrogen (secondary N) is 1. The Morgan fingerprint density at radius 2 is 2.31 bits per heavy atom. The number of piperazine rings is 1. The van der Waals surface area contributed by atoms with Gasteiger partial charge in [0.1, 0.15) is 0 Å².